The van der Waals surface area contributed by atoms with E-state index >= 15 is 0 Å². The number of hydrogen-bond donors (Lipinski definition) is 1. The Balaban J connectivity index is 1.76. The number of amides is 2. The molecule has 3 rings (SSSR count). The third-order valence-electron chi connectivity index (χ3n) is 6.45. The molecule has 1 atom stereocenters. The first-order valence-electron chi connectivity index (χ1n) is 11.4. The Kier molecular flexibility index (Phi) is 7.40. The molecule has 2 amide bonds. The van der Waals surface area contributed by atoms with Crippen molar-refractivity contribution in [1.82, 2.24) is 15.1 Å². The Bertz CT molecular complexity index is 724. The van der Waals surface area contributed by atoms with Gasteiger partial charge in [-0.25, -0.2) is 0 Å². The molecule has 166 valence electrons. The number of likely N-dealkylation sites (tertiary alicyclic amines) is 1. The molecule has 0 radical (unpaired) electrons. The average Bonchev–Trinajstić information content (AvgIpc) is 2.73. The Morgan fingerprint density at radius 1 is 1.17 bits per heavy atom. The second-order valence-electron chi connectivity index (χ2n) is 9.15. The summed E-state index contributed by atoms with van der Waals surface area (Å²) in [4.78, 5) is 31.2. The van der Waals surface area contributed by atoms with Gasteiger partial charge >= 0.3 is 0 Å². The van der Waals surface area contributed by atoms with Gasteiger partial charge in [-0.3, -0.25) is 9.59 Å². The van der Waals surface area contributed by atoms with Crippen LogP contribution in [0.15, 0.2) is 24.3 Å². The molecule has 1 aromatic rings. The van der Waals surface area contributed by atoms with Crippen molar-refractivity contribution in [3.8, 4) is 5.75 Å². The second kappa shape index (κ2) is 9.82. The first kappa shape index (κ1) is 22.6. The van der Waals surface area contributed by atoms with Crippen LogP contribution in [0.2, 0.25) is 0 Å². The predicted octanol–water partition coefficient (Wildman–Crippen LogP) is 2.86. The summed E-state index contributed by atoms with van der Waals surface area (Å²) in [6, 6.07) is 7.21. The minimum Gasteiger partial charge on any atom is -0.497 e. The number of piperidine rings is 1. The van der Waals surface area contributed by atoms with E-state index in [1.165, 1.54) is 0 Å². The average molecular weight is 416 g/mol. The van der Waals surface area contributed by atoms with E-state index in [9.17, 15) is 9.59 Å². The van der Waals surface area contributed by atoms with Crippen molar-refractivity contribution in [3.63, 3.8) is 0 Å². The van der Waals surface area contributed by atoms with Crippen LogP contribution in [-0.4, -0.2) is 66.5 Å². The fraction of sp³-hybridized carbons (Fsp3) is 0.667. The normalized spacial score (nSPS) is 21.9. The van der Waals surface area contributed by atoms with E-state index in [2.05, 4.69) is 31.0 Å². The fourth-order valence-electron chi connectivity index (χ4n) is 4.77. The van der Waals surface area contributed by atoms with Crippen LogP contribution in [0.25, 0.3) is 0 Å². The van der Waals surface area contributed by atoms with E-state index < -0.39 is 11.6 Å². The van der Waals surface area contributed by atoms with Crippen LogP contribution in [0.4, 0.5) is 0 Å². The van der Waals surface area contributed by atoms with Gasteiger partial charge in [-0.1, -0.05) is 39.3 Å². The highest BCUT2D eigenvalue weighted by molar-refractivity contribution is 6.00. The molecule has 2 fully saturated rings. The smallest absolute Gasteiger partial charge is 0.246 e. The third-order valence-corrected chi connectivity index (χ3v) is 6.45. The number of benzene rings is 1. The highest BCUT2D eigenvalue weighted by atomic mass is 16.5. The molecule has 0 bridgehead atoms. The molecule has 0 unspecified atom stereocenters. The lowest BCUT2D eigenvalue weighted by Crippen LogP contribution is -2.73. The molecule has 6 heteroatoms. The number of rotatable bonds is 8. The van der Waals surface area contributed by atoms with Crippen LogP contribution in [0.3, 0.4) is 0 Å². The lowest BCUT2D eigenvalue weighted by Gasteiger charge is -2.52. The minimum absolute atomic E-state index is 0.0286. The quantitative estimate of drug-likeness (QED) is 0.709. The van der Waals surface area contributed by atoms with Gasteiger partial charge in [-0.05, 0) is 42.9 Å². The van der Waals surface area contributed by atoms with Crippen LogP contribution in [0, 0.1) is 5.92 Å². The Labute approximate surface area is 180 Å². The molecular formula is C24H37N3O3. The summed E-state index contributed by atoms with van der Waals surface area (Å²) in [7, 11) is 1.64. The SMILES string of the molecule is CCCCN1C(=O)[C@@H](Cc2ccc(OC)cc2)NC(=O)C12CCN(CC(C)C)CC2. The van der Waals surface area contributed by atoms with Crippen LogP contribution < -0.4 is 10.1 Å². The summed E-state index contributed by atoms with van der Waals surface area (Å²) >= 11 is 0. The topological polar surface area (TPSA) is 61.9 Å². The van der Waals surface area contributed by atoms with Crippen molar-refractivity contribution in [2.24, 2.45) is 5.92 Å². The van der Waals surface area contributed by atoms with Gasteiger partial charge < -0.3 is 19.9 Å². The molecule has 0 aromatic heterocycles. The maximum atomic E-state index is 13.5. The van der Waals surface area contributed by atoms with Crippen LogP contribution in [-0.2, 0) is 16.0 Å². The van der Waals surface area contributed by atoms with E-state index in [0.717, 1.165) is 56.6 Å². The molecule has 6 nitrogen and oxygen atoms in total. The van der Waals surface area contributed by atoms with Crippen LogP contribution in [0.5, 0.6) is 5.75 Å². The largest absolute Gasteiger partial charge is 0.497 e. The molecule has 1 aromatic carbocycles. The highest BCUT2D eigenvalue weighted by Gasteiger charge is 2.53. The molecule has 0 saturated carbocycles. The van der Waals surface area contributed by atoms with Gasteiger partial charge in [0.15, 0.2) is 0 Å². The molecule has 2 saturated heterocycles. The van der Waals surface area contributed by atoms with Crippen molar-refractivity contribution >= 4 is 11.8 Å². The van der Waals surface area contributed by atoms with E-state index in [-0.39, 0.29) is 11.8 Å². The molecule has 2 aliphatic rings. The number of nitrogens with zero attached hydrogens (tertiary/aromatic N) is 2. The summed E-state index contributed by atoms with van der Waals surface area (Å²) in [5.41, 5.74) is 0.337. The highest BCUT2D eigenvalue weighted by Crippen LogP contribution is 2.34. The Hall–Kier alpha value is -2.08. The van der Waals surface area contributed by atoms with Gasteiger partial charge in [-0.15, -0.1) is 0 Å². The first-order chi connectivity index (χ1) is 14.4. The molecule has 30 heavy (non-hydrogen) atoms. The van der Waals surface area contributed by atoms with Gasteiger partial charge in [0, 0.05) is 32.6 Å². The zero-order chi connectivity index (χ0) is 21.7. The van der Waals surface area contributed by atoms with Gasteiger partial charge in [0.25, 0.3) is 0 Å². The zero-order valence-electron chi connectivity index (χ0n) is 18.9. The van der Waals surface area contributed by atoms with Crippen molar-refractivity contribution in [3.05, 3.63) is 29.8 Å². The van der Waals surface area contributed by atoms with Crippen molar-refractivity contribution in [2.75, 3.05) is 33.3 Å². The van der Waals surface area contributed by atoms with Crippen LogP contribution >= 0.6 is 0 Å². The first-order valence-corrected chi connectivity index (χ1v) is 11.4. The monoisotopic (exact) mass is 415 g/mol. The lowest BCUT2D eigenvalue weighted by molar-refractivity contribution is -0.161. The number of ether oxygens (including phenoxy) is 1. The van der Waals surface area contributed by atoms with E-state index in [1.807, 2.05) is 29.2 Å². The third kappa shape index (κ3) is 4.80. The molecular weight excluding hydrogens is 378 g/mol. The maximum absolute atomic E-state index is 13.5. The standard InChI is InChI=1S/C24H37N3O3/c1-5-6-13-27-22(28)21(16-19-7-9-20(30-4)10-8-19)25-23(29)24(27)11-14-26(15-12-24)17-18(2)3/h7-10,18,21H,5-6,11-17H2,1-4H3,(H,25,29)/t21-/m1/s1. The second-order valence-corrected chi connectivity index (χ2v) is 9.15. The summed E-state index contributed by atoms with van der Waals surface area (Å²) in [5, 5.41) is 3.09. The number of carbonyl (C=O) groups excluding carboxylic acids is 2. The van der Waals surface area contributed by atoms with Crippen molar-refractivity contribution < 1.29 is 14.3 Å². The molecule has 2 aliphatic heterocycles. The molecule has 0 aliphatic carbocycles. The Morgan fingerprint density at radius 2 is 1.83 bits per heavy atom. The number of nitrogens with one attached hydrogen (secondary N) is 1. The van der Waals surface area contributed by atoms with Gasteiger partial charge in [0.1, 0.15) is 17.3 Å². The summed E-state index contributed by atoms with van der Waals surface area (Å²) in [5.74, 6) is 1.48. The van der Waals surface area contributed by atoms with Crippen molar-refractivity contribution in [1.29, 1.82) is 0 Å². The molecule has 1 N–H and O–H groups in total. The van der Waals surface area contributed by atoms with Gasteiger partial charge in [-0.2, -0.15) is 0 Å². The summed E-state index contributed by atoms with van der Waals surface area (Å²) < 4.78 is 5.22. The van der Waals surface area contributed by atoms with Crippen LogP contribution in [0.1, 0.15) is 52.0 Å². The van der Waals surface area contributed by atoms with Gasteiger partial charge in [0.2, 0.25) is 11.8 Å². The van der Waals surface area contributed by atoms with Gasteiger partial charge in [0.05, 0.1) is 7.11 Å². The lowest BCUT2D eigenvalue weighted by atomic mass is 9.80. The number of methoxy groups -OCH3 is 1. The maximum Gasteiger partial charge on any atom is 0.246 e. The van der Waals surface area contributed by atoms with E-state index in [1.54, 1.807) is 7.11 Å². The van der Waals surface area contributed by atoms with E-state index in [4.69, 9.17) is 4.74 Å². The number of piperazine rings is 1. The zero-order valence-corrected chi connectivity index (χ0v) is 18.9. The molecule has 1 spiro atoms. The summed E-state index contributed by atoms with van der Waals surface area (Å²) in [6.45, 7) is 10.0. The van der Waals surface area contributed by atoms with Crippen molar-refractivity contribution in [2.45, 2.75) is 64.5 Å². The molecule has 2 heterocycles. The number of hydrogen-bond acceptors (Lipinski definition) is 4. The number of carbonyl (C=O) groups is 2. The summed E-state index contributed by atoms with van der Waals surface area (Å²) in [6.07, 6.45) is 3.87. The Morgan fingerprint density at radius 3 is 2.40 bits per heavy atom. The number of unbranched alkanes of at least 4 members (excludes halogenated alkanes) is 1. The fourth-order valence-corrected chi connectivity index (χ4v) is 4.77. The minimum atomic E-state index is -0.684. The predicted molar refractivity (Wildman–Crippen MR) is 118 cm³/mol. The van der Waals surface area contributed by atoms with E-state index in [0.29, 0.717) is 18.9 Å².